The van der Waals surface area contributed by atoms with Gasteiger partial charge in [-0.25, -0.2) is 0 Å². The van der Waals surface area contributed by atoms with Crippen LogP contribution in [0.5, 0.6) is 5.75 Å². The van der Waals surface area contributed by atoms with E-state index < -0.39 is 0 Å². The number of likely N-dealkylation sites (tertiary alicyclic amines) is 1. The number of methoxy groups -OCH3 is 2. The Morgan fingerprint density at radius 1 is 1.36 bits per heavy atom. The average Bonchev–Trinajstić information content (AvgIpc) is 3.00. The molecule has 1 heterocycles. The van der Waals surface area contributed by atoms with Crippen LogP contribution >= 0.6 is 0 Å². The smallest absolute Gasteiger partial charge is 0.310 e. The first-order chi connectivity index (χ1) is 12.0. The van der Waals surface area contributed by atoms with Crippen molar-refractivity contribution in [1.82, 2.24) is 10.2 Å². The van der Waals surface area contributed by atoms with Crippen molar-refractivity contribution >= 4 is 11.9 Å². The Morgan fingerprint density at radius 2 is 2.12 bits per heavy atom. The van der Waals surface area contributed by atoms with Crippen molar-refractivity contribution in [2.45, 2.75) is 20.3 Å². The number of nitrogens with zero attached hydrogens (tertiary/aromatic N) is 2. The SMILES string of the molecule is CN=C(NCCc1ccc(C)c(OC)c1)N1CC(C)C(C(=O)OC)C1. The van der Waals surface area contributed by atoms with E-state index in [9.17, 15) is 4.79 Å². The lowest BCUT2D eigenvalue weighted by Crippen LogP contribution is -2.41. The highest BCUT2D eigenvalue weighted by molar-refractivity contribution is 5.82. The summed E-state index contributed by atoms with van der Waals surface area (Å²) in [6.45, 7) is 6.33. The fraction of sp³-hybridized carbons (Fsp3) is 0.579. The number of carbonyl (C=O) groups is 1. The number of benzene rings is 1. The molecule has 0 saturated carbocycles. The van der Waals surface area contributed by atoms with E-state index in [1.54, 1.807) is 14.2 Å². The molecule has 1 aliphatic rings. The number of carbonyl (C=O) groups excluding carboxylic acids is 1. The first-order valence-corrected chi connectivity index (χ1v) is 8.67. The molecule has 0 bridgehead atoms. The molecule has 1 aromatic rings. The van der Waals surface area contributed by atoms with Crippen molar-refractivity contribution in [2.24, 2.45) is 16.8 Å². The lowest BCUT2D eigenvalue weighted by molar-refractivity contribution is -0.145. The molecule has 0 aliphatic carbocycles. The molecular formula is C19H29N3O3. The highest BCUT2D eigenvalue weighted by atomic mass is 16.5. The summed E-state index contributed by atoms with van der Waals surface area (Å²) in [6.07, 6.45) is 0.874. The number of hydrogen-bond donors (Lipinski definition) is 1. The van der Waals surface area contributed by atoms with Gasteiger partial charge in [-0.15, -0.1) is 0 Å². The normalized spacial score (nSPS) is 20.5. The molecule has 6 nitrogen and oxygen atoms in total. The predicted octanol–water partition coefficient (Wildman–Crippen LogP) is 1.86. The molecule has 0 radical (unpaired) electrons. The third kappa shape index (κ3) is 4.65. The molecule has 2 atom stereocenters. The van der Waals surface area contributed by atoms with Crippen LogP contribution in [0.4, 0.5) is 0 Å². The number of ether oxygens (including phenoxy) is 2. The summed E-state index contributed by atoms with van der Waals surface area (Å²) in [7, 11) is 4.91. The second kappa shape index (κ2) is 8.74. The number of hydrogen-bond acceptors (Lipinski definition) is 4. The Hall–Kier alpha value is -2.24. The van der Waals surface area contributed by atoms with Crippen LogP contribution in [-0.4, -0.2) is 57.7 Å². The van der Waals surface area contributed by atoms with E-state index in [2.05, 4.69) is 40.3 Å². The van der Waals surface area contributed by atoms with Crippen LogP contribution in [0.3, 0.4) is 0 Å². The molecule has 2 unspecified atom stereocenters. The van der Waals surface area contributed by atoms with Gasteiger partial charge in [0.15, 0.2) is 5.96 Å². The van der Waals surface area contributed by atoms with Gasteiger partial charge in [-0.3, -0.25) is 9.79 Å². The Morgan fingerprint density at radius 3 is 2.76 bits per heavy atom. The van der Waals surface area contributed by atoms with E-state index >= 15 is 0 Å². The number of esters is 1. The fourth-order valence-electron chi connectivity index (χ4n) is 3.27. The Kier molecular flexibility index (Phi) is 6.67. The minimum atomic E-state index is -0.141. The van der Waals surface area contributed by atoms with Crippen molar-refractivity contribution in [3.63, 3.8) is 0 Å². The highest BCUT2D eigenvalue weighted by Crippen LogP contribution is 2.24. The zero-order chi connectivity index (χ0) is 18.4. The highest BCUT2D eigenvalue weighted by Gasteiger charge is 2.36. The number of nitrogens with one attached hydrogen (secondary N) is 1. The van der Waals surface area contributed by atoms with Gasteiger partial charge in [-0.05, 0) is 36.5 Å². The zero-order valence-electron chi connectivity index (χ0n) is 15.8. The summed E-state index contributed by atoms with van der Waals surface area (Å²) in [4.78, 5) is 18.3. The fourth-order valence-corrected chi connectivity index (χ4v) is 3.27. The molecule has 25 heavy (non-hydrogen) atoms. The molecule has 1 aliphatic heterocycles. The van der Waals surface area contributed by atoms with Gasteiger partial charge in [0.2, 0.25) is 0 Å². The van der Waals surface area contributed by atoms with E-state index in [0.717, 1.165) is 36.8 Å². The van der Waals surface area contributed by atoms with Crippen molar-refractivity contribution < 1.29 is 14.3 Å². The Balaban J connectivity index is 1.90. The van der Waals surface area contributed by atoms with Crippen LogP contribution in [0.15, 0.2) is 23.2 Å². The first-order valence-electron chi connectivity index (χ1n) is 8.67. The lowest BCUT2D eigenvalue weighted by atomic mass is 9.99. The standard InChI is InChI=1S/C19H29N3O3/c1-13-6-7-15(10-17(13)24-4)8-9-21-19(20-3)22-11-14(2)16(12-22)18(23)25-5/h6-7,10,14,16H,8-9,11-12H2,1-5H3,(H,20,21). The van der Waals surface area contributed by atoms with Crippen molar-refractivity contribution in [3.8, 4) is 5.75 Å². The van der Waals surface area contributed by atoms with Gasteiger partial charge in [0.05, 0.1) is 20.1 Å². The van der Waals surface area contributed by atoms with E-state index in [1.165, 1.54) is 12.7 Å². The summed E-state index contributed by atoms with van der Waals surface area (Å²) in [6, 6.07) is 6.27. The number of aliphatic imine (C=N–C) groups is 1. The van der Waals surface area contributed by atoms with Crippen LogP contribution in [0, 0.1) is 18.8 Å². The second-order valence-electron chi connectivity index (χ2n) is 6.54. The molecule has 1 saturated heterocycles. The average molecular weight is 347 g/mol. The molecule has 1 fully saturated rings. The number of aryl methyl sites for hydroxylation is 1. The van der Waals surface area contributed by atoms with E-state index in [0.29, 0.717) is 6.54 Å². The number of rotatable bonds is 5. The summed E-state index contributed by atoms with van der Waals surface area (Å²) in [5.41, 5.74) is 2.35. The second-order valence-corrected chi connectivity index (χ2v) is 6.54. The summed E-state index contributed by atoms with van der Waals surface area (Å²) in [5.74, 6) is 1.77. The third-order valence-corrected chi connectivity index (χ3v) is 4.80. The van der Waals surface area contributed by atoms with Gasteiger partial charge in [0.1, 0.15) is 5.75 Å². The molecule has 1 N–H and O–H groups in total. The molecule has 0 aromatic heterocycles. The first kappa shape index (κ1) is 19.1. The van der Waals surface area contributed by atoms with Crippen LogP contribution in [-0.2, 0) is 16.0 Å². The van der Waals surface area contributed by atoms with E-state index in [1.807, 2.05) is 6.92 Å². The predicted molar refractivity (Wildman–Crippen MR) is 99.0 cm³/mol. The van der Waals surface area contributed by atoms with E-state index in [-0.39, 0.29) is 17.8 Å². The quantitative estimate of drug-likeness (QED) is 0.500. The zero-order valence-corrected chi connectivity index (χ0v) is 15.8. The summed E-state index contributed by atoms with van der Waals surface area (Å²) >= 11 is 0. The van der Waals surface area contributed by atoms with Crippen LogP contribution in [0.25, 0.3) is 0 Å². The topological polar surface area (TPSA) is 63.2 Å². The van der Waals surface area contributed by atoms with Crippen LogP contribution < -0.4 is 10.1 Å². The lowest BCUT2D eigenvalue weighted by Gasteiger charge is -2.21. The van der Waals surface area contributed by atoms with Crippen molar-refractivity contribution in [2.75, 3.05) is 40.9 Å². The molecular weight excluding hydrogens is 318 g/mol. The minimum Gasteiger partial charge on any atom is -0.496 e. The van der Waals surface area contributed by atoms with Crippen molar-refractivity contribution in [3.05, 3.63) is 29.3 Å². The minimum absolute atomic E-state index is 0.0927. The maximum absolute atomic E-state index is 11.8. The Bertz CT molecular complexity index is 630. The van der Waals surface area contributed by atoms with Gasteiger partial charge < -0.3 is 19.7 Å². The monoisotopic (exact) mass is 347 g/mol. The summed E-state index contributed by atoms with van der Waals surface area (Å²) in [5, 5.41) is 3.39. The van der Waals surface area contributed by atoms with Crippen LogP contribution in [0.1, 0.15) is 18.1 Å². The number of guanidine groups is 1. The molecule has 6 heteroatoms. The molecule has 0 amide bonds. The van der Waals surface area contributed by atoms with Gasteiger partial charge in [-0.2, -0.15) is 0 Å². The van der Waals surface area contributed by atoms with Gasteiger partial charge in [-0.1, -0.05) is 19.1 Å². The van der Waals surface area contributed by atoms with Crippen molar-refractivity contribution in [1.29, 1.82) is 0 Å². The summed E-state index contributed by atoms with van der Waals surface area (Å²) < 4.78 is 10.3. The van der Waals surface area contributed by atoms with Gasteiger partial charge in [0, 0.05) is 26.7 Å². The largest absolute Gasteiger partial charge is 0.496 e. The van der Waals surface area contributed by atoms with Crippen LogP contribution in [0.2, 0.25) is 0 Å². The van der Waals surface area contributed by atoms with Gasteiger partial charge >= 0.3 is 5.97 Å². The molecule has 138 valence electrons. The molecule has 2 rings (SSSR count). The van der Waals surface area contributed by atoms with Gasteiger partial charge in [0.25, 0.3) is 0 Å². The maximum atomic E-state index is 11.8. The maximum Gasteiger partial charge on any atom is 0.310 e. The Labute approximate surface area is 150 Å². The molecule has 1 aromatic carbocycles. The third-order valence-electron chi connectivity index (χ3n) is 4.80. The van der Waals surface area contributed by atoms with E-state index in [4.69, 9.17) is 9.47 Å². The molecule has 0 spiro atoms.